The first-order valence-electron chi connectivity index (χ1n) is 14.6. The molecule has 9 heteroatoms. The lowest BCUT2D eigenvalue weighted by Crippen LogP contribution is -2.36. The molecular weight excluding hydrogens is 632 g/mol. The highest BCUT2D eigenvalue weighted by Gasteiger charge is 2.23. The number of esters is 2. The molecule has 0 saturated heterocycles. The van der Waals surface area contributed by atoms with E-state index in [2.05, 4.69) is 27.8 Å². The minimum Gasteiger partial charge on any atom is -0.462 e. The molecule has 7 nitrogen and oxygen atoms in total. The molecule has 1 aliphatic carbocycles. The van der Waals surface area contributed by atoms with Gasteiger partial charge >= 0.3 is 11.9 Å². The van der Waals surface area contributed by atoms with E-state index in [1.54, 1.807) is 55.5 Å². The first kappa shape index (κ1) is 34.3. The molecule has 0 heterocycles. The third-order valence-corrected chi connectivity index (χ3v) is 8.58. The van der Waals surface area contributed by atoms with Gasteiger partial charge in [0.15, 0.2) is 5.78 Å². The quantitative estimate of drug-likeness (QED) is 0.0931. The van der Waals surface area contributed by atoms with Gasteiger partial charge in [-0.25, -0.2) is 4.79 Å². The van der Waals surface area contributed by atoms with E-state index < -0.39 is 17.9 Å². The van der Waals surface area contributed by atoms with E-state index in [0.29, 0.717) is 45.0 Å². The number of halogens is 2. The molecule has 3 aromatic carbocycles. The van der Waals surface area contributed by atoms with E-state index in [-0.39, 0.29) is 31.4 Å². The highest BCUT2D eigenvalue weighted by atomic mass is 79.9. The average molecular weight is 672 g/mol. The molecular formula is C34H40BrClN2O5. The van der Waals surface area contributed by atoms with Crippen LogP contribution in [0.3, 0.4) is 0 Å². The van der Waals surface area contributed by atoms with Crippen LogP contribution in [0.15, 0.2) is 71.2 Å². The largest absolute Gasteiger partial charge is 0.462 e. The highest BCUT2D eigenvalue weighted by molar-refractivity contribution is 9.10. The maximum absolute atomic E-state index is 12.9. The number of ketones is 1. The smallest absolute Gasteiger partial charge is 0.338 e. The Labute approximate surface area is 268 Å². The van der Waals surface area contributed by atoms with Gasteiger partial charge in [0.25, 0.3) is 0 Å². The second kappa shape index (κ2) is 16.6. The fraction of sp³-hybridized carbons (Fsp3) is 0.382. The topological polar surface area (TPSA) is 98.9 Å². The van der Waals surface area contributed by atoms with E-state index in [1.165, 1.54) is 32.1 Å². The number of nitrogen functional groups attached to an aromatic ring is 1. The molecule has 1 unspecified atom stereocenters. The number of ether oxygens (including phenoxy) is 2. The van der Waals surface area contributed by atoms with Crippen molar-refractivity contribution in [3.63, 3.8) is 0 Å². The van der Waals surface area contributed by atoms with Crippen molar-refractivity contribution in [2.24, 2.45) is 0 Å². The summed E-state index contributed by atoms with van der Waals surface area (Å²) in [7, 11) is 0. The predicted molar refractivity (Wildman–Crippen MR) is 175 cm³/mol. The Morgan fingerprint density at radius 3 is 2.28 bits per heavy atom. The normalized spacial score (nSPS) is 14.0. The Kier molecular flexibility index (Phi) is 13.2. The molecule has 0 amide bonds. The summed E-state index contributed by atoms with van der Waals surface area (Å²) < 4.78 is 11.5. The number of carbonyl (C=O) groups excluding carboxylic acids is 3. The molecule has 0 aliphatic heterocycles. The van der Waals surface area contributed by atoms with Crippen LogP contribution in [-0.2, 0) is 20.8 Å². The van der Waals surface area contributed by atoms with Gasteiger partial charge in [-0.15, -0.1) is 12.4 Å². The third kappa shape index (κ3) is 9.15. The molecule has 2 N–H and O–H groups in total. The van der Waals surface area contributed by atoms with Crippen LogP contribution in [-0.4, -0.2) is 48.4 Å². The first-order valence-corrected chi connectivity index (χ1v) is 15.4. The molecule has 1 saturated carbocycles. The molecule has 4 rings (SSSR count). The maximum atomic E-state index is 12.9. The van der Waals surface area contributed by atoms with E-state index in [0.717, 1.165) is 12.1 Å². The fourth-order valence-corrected chi connectivity index (χ4v) is 5.92. The summed E-state index contributed by atoms with van der Waals surface area (Å²) in [6.07, 6.45) is 6.16. The molecule has 230 valence electrons. The Bertz CT molecular complexity index is 1390. The Morgan fingerprint density at radius 1 is 0.907 bits per heavy atom. The molecule has 1 aliphatic rings. The van der Waals surface area contributed by atoms with Gasteiger partial charge in [0.1, 0.15) is 13.2 Å². The van der Waals surface area contributed by atoms with Crippen LogP contribution in [0.25, 0.3) is 0 Å². The van der Waals surface area contributed by atoms with Crippen LogP contribution in [0, 0.1) is 0 Å². The first-order chi connectivity index (χ1) is 20.3. The van der Waals surface area contributed by atoms with Gasteiger partial charge in [-0.3, -0.25) is 14.5 Å². The number of rotatable bonds is 12. The van der Waals surface area contributed by atoms with Crippen LogP contribution in [0.2, 0.25) is 0 Å². The Balaban J connectivity index is 0.00000506. The van der Waals surface area contributed by atoms with Crippen LogP contribution in [0.1, 0.15) is 89.3 Å². The number of carbonyl (C=O) groups is 3. The van der Waals surface area contributed by atoms with Crippen LogP contribution < -0.4 is 5.73 Å². The number of nitrogens with two attached hydrogens (primary N) is 1. The van der Waals surface area contributed by atoms with Crippen LogP contribution in [0.4, 0.5) is 5.69 Å². The SMILES string of the molecule is CCN(Cc1cc(C(=O)OCCOC(=O)C(C)c2cccc(C(=O)c3ccccc3)c2)cc(Br)c1N)C1CCCCC1.Cl. The summed E-state index contributed by atoms with van der Waals surface area (Å²) >= 11 is 3.50. The monoisotopic (exact) mass is 670 g/mol. The number of anilines is 1. The lowest BCUT2D eigenvalue weighted by Gasteiger charge is -2.34. The van der Waals surface area contributed by atoms with E-state index >= 15 is 0 Å². The number of benzene rings is 3. The van der Waals surface area contributed by atoms with Gasteiger partial charge in [0, 0.05) is 28.2 Å². The standard InChI is InChI=1S/C34H39BrN2O5.ClH/c1-3-37(29-15-8-5-9-16-29)22-28-20-27(21-30(35)31(28)36)34(40)42-18-17-41-33(39)23(2)25-13-10-14-26(19-25)32(38)24-11-6-4-7-12-24;/h4,6-7,10-14,19-21,23,29H,3,5,8-9,15-18,22,36H2,1-2H3;1H. The maximum Gasteiger partial charge on any atom is 0.338 e. The molecule has 0 aromatic heterocycles. The predicted octanol–water partition coefficient (Wildman–Crippen LogP) is 7.34. The summed E-state index contributed by atoms with van der Waals surface area (Å²) in [4.78, 5) is 40.8. The minimum absolute atomic E-state index is 0. The fourth-order valence-electron chi connectivity index (χ4n) is 5.41. The zero-order chi connectivity index (χ0) is 30.1. The average Bonchev–Trinajstić information content (AvgIpc) is 3.03. The Morgan fingerprint density at radius 2 is 1.58 bits per heavy atom. The molecule has 1 atom stereocenters. The van der Waals surface area contributed by atoms with Crippen LogP contribution in [0.5, 0.6) is 0 Å². The van der Waals surface area contributed by atoms with Gasteiger partial charge in [0.2, 0.25) is 0 Å². The number of nitrogens with zero attached hydrogens (tertiary/aromatic N) is 1. The molecule has 0 spiro atoms. The van der Waals surface area contributed by atoms with Gasteiger partial charge < -0.3 is 15.2 Å². The second-order valence-electron chi connectivity index (χ2n) is 10.7. The van der Waals surface area contributed by atoms with Crippen molar-refractivity contribution in [3.05, 3.63) is 99.0 Å². The van der Waals surface area contributed by atoms with Gasteiger partial charge in [0.05, 0.1) is 17.2 Å². The number of hydrogen-bond acceptors (Lipinski definition) is 7. The molecule has 0 bridgehead atoms. The van der Waals surface area contributed by atoms with Gasteiger partial charge in [-0.05, 0) is 71.6 Å². The van der Waals surface area contributed by atoms with Crippen molar-refractivity contribution < 1.29 is 23.9 Å². The molecule has 43 heavy (non-hydrogen) atoms. The van der Waals surface area contributed by atoms with Crippen molar-refractivity contribution >= 4 is 51.7 Å². The van der Waals surface area contributed by atoms with E-state index in [9.17, 15) is 14.4 Å². The zero-order valence-electron chi connectivity index (χ0n) is 24.7. The molecule has 3 aromatic rings. The lowest BCUT2D eigenvalue weighted by molar-refractivity contribution is -0.146. The van der Waals surface area contributed by atoms with Crippen molar-refractivity contribution in [2.75, 3.05) is 25.5 Å². The highest BCUT2D eigenvalue weighted by Crippen LogP contribution is 2.30. The summed E-state index contributed by atoms with van der Waals surface area (Å²) in [5, 5.41) is 0. The van der Waals surface area contributed by atoms with E-state index in [1.807, 2.05) is 18.2 Å². The van der Waals surface area contributed by atoms with Crippen molar-refractivity contribution in [2.45, 2.75) is 64.5 Å². The second-order valence-corrected chi connectivity index (χ2v) is 11.6. The van der Waals surface area contributed by atoms with Crippen molar-refractivity contribution in [1.29, 1.82) is 0 Å². The van der Waals surface area contributed by atoms with Crippen molar-refractivity contribution in [1.82, 2.24) is 4.90 Å². The summed E-state index contributed by atoms with van der Waals surface area (Å²) in [6, 6.07) is 20.0. The summed E-state index contributed by atoms with van der Waals surface area (Å²) in [5.41, 5.74) is 10.0. The van der Waals surface area contributed by atoms with Crippen molar-refractivity contribution in [3.8, 4) is 0 Å². The molecule has 1 fully saturated rings. The third-order valence-electron chi connectivity index (χ3n) is 7.92. The summed E-state index contributed by atoms with van der Waals surface area (Å²) in [6.45, 7) is 5.30. The van der Waals surface area contributed by atoms with Gasteiger partial charge in [-0.1, -0.05) is 74.7 Å². The molecule has 0 radical (unpaired) electrons. The number of hydrogen-bond donors (Lipinski definition) is 1. The summed E-state index contributed by atoms with van der Waals surface area (Å²) in [5.74, 6) is -1.67. The minimum atomic E-state index is -0.592. The van der Waals surface area contributed by atoms with Crippen LogP contribution >= 0.6 is 28.3 Å². The van der Waals surface area contributed by atoms with Gasteiger partial charge in [-0.2, -0.15) is 0 Å². The Hall–Kier alpha value is -3.20. The zero-order valence-corrected chi connectivity index (χ0v) is 27.1. The lowest BCUT2D eigenvalue weighted by atomic mass is 9.93. The van der Waals surface area contributed by atoms with E-state index in [4.69, 9.17) is 15.2 Å².